The number of benzene rings is 8. The van der Waals surface area contributed by atoms with E-state index in [4.69, 9.17) is 4.42 Å². The van der Waals surface area contributed by atoms with Crippen LogP contribution in [0.2, 0.25) is 0 Å². The number of hydrogen-bond donors (Lipinski definition) is 0. The topological polar surface area (TPSA) is 26.2 Å². The second kappa shape index (κ2) is 16.5. The zero-order chi connectivity index (χ0) is 54.0. The Bertz CT molecular complexity index is 4190. The van der Waals surface area contributed by atoms with Crippen molar-refractivity contribution >= 4 is 73.0 Å². The molecule has 5 heterocycles. The zero-order valence-corrected chi connectivity index (χ0v) is 47.9. The minimum atomic E-state index is -0.221. The van der Waals surface area contributed by atoms with E-state index in [1.807, 2.05) is 0 Å². The highest BCUT2D eigenvalue weighted by atomic mass is 16.4. The van der Waals surface area contributed by atoms with Gasteiger partial charge in [0.25, 0.3) is 0 Å². The van der Waals surface area contributed by atoms with Crippen LogP contribution in [0, 0.1) is 0 Å². The lowest BCUT2D eigenvalue weighted by Crippen LogP contribution is -2.60. The molecule has 0 saturated heterocycles. The van der Waals surface area contributed by atoms with Crippen molar-refractivity contribution in [3.63, 3.8) is 0 Å². The van der Waals surface area contributed by atoms with Crippen LogP contribution in [0.3, 0.4) is 0 Å². The maximum atomic E-state index is 7.67. The van der Waals surface area contributed by atoms with E-state index >= 15 is 0 Å². The first-order chi connectivity index (χ1) is 36.4. The summed E-state index contributed by atoms with van der Waals surface area (Å²) >= 11 is 0. The highest BCUT2D eigenvalue weighted by Crippen LogP contribution is 2.55. The van der Waals surface area contributed by atoms with Gasteiger partial charge in [-0.25, -0.2) is 0 Å². The first-order valence-electron chi connectivity index (χ1n) is 27.9. The van der Waals surface area contributed by atoms with Gasteiger partial charge in [0.05, 0.1) is 27.6 Å². The molecular weight excluding hydrogens is 934 g/mol. The molecule has 8 aromatic carbocycles. The summed E-state index contributed by atoms with van der Waals surface area (Å²) in [5, 5.41) is 5.07. The Morgan fingerprint density at radius 1 is 0.377 bits per heavy atom. The standard InChI is InChI=1S/C72H72BN3O/c1-68(2,3)45-26-31-50(32-27-45)74-58-35-30-47(70(7,8)9)36-52(58)53-41-60-54(42-59(53)74)55-37-48(71(10,11)12)39-57-65(55)75(60)61-40-49(72(13,14)15)38-56-63-62(43-22-18-16-19-23-43)66(44-24-20-17-21-25-44)77-67(63)76(73(57)64(56)61)51-33-28-46(29-34-51)69(4,5)6/h16-42H,1-15H3. The van der Waals surface area contributed by atoms with Crippen molar-refractivity contribution in [3.05, 3.63) is 192 Å². The van der Waals surface area contributed by atoms with Crippen LogP contribution in [-0.4, -0.2) is 16.0 Å². The van der Waals surface area contributed by atoms with Crippen LogP contribution in [0.5, 0.6) is 0 Å². The minimum Gasteiger partial charge on any atom is -0.440 e. The largest absolute Gasteiger partial charge is 0.440 e. The van der Waals surface area contributed by atoms with Crippen LogP contribution in [0.25, 0.3) is 88.6 Å². The Kier molecular flexibility index (Phi) is 10.5. The lowest BCUT2D eigenvalue weighted by atomic mass is 9.43. The van der Waals surface area contributed by atoms with Crippen LogP contribution < -0.4 is 15.7 Å². The van der Waals surface area contributed by atoms with E-state index in [9.17, 15) is 0 Å². The highest BCUT2D eigenvalue weighted by Gasteiger charge is 2.48. The van der Waals surface area contributed by atoms with E-state index in [2.05, 4.69) is 282 Å². The highest BCUT2D eigenvalue weighted by molar-refractivity contribution is 6.93. The van der Waals surface area contributed by atoms with Gasteiger partial charge < -0.3 is 18.4 Å². The smallest absolute Gasteiger partial charge is 0.336 e. The molecule has 0 amide bonds. The van der Waals surface area contributed by atoms with Gasteiger partial charge in [-0.15, -0.1) is 0 Å². The van der Waals surface area contributed by atoms with Gasteiger partial charge >= 0.3 is 6.85 Å². The van der Waals surface area contributed by atoms with E-state index in [0.717, 1.165) is 39.6 Å². The number of hydrogen-bond acceptors (Lipinski definition) is 2. The number of anilines is 2. The fourth-order valence-corrected chi connectivity index (χ4v) is 12.6. The van der Waals surface area contributed by atoms with Gasteiger partial charge in [0.15, 0.2) is 5.88 Å². The molecule has 0 radical (unpaired) electrons. The van der Waals surface area contributed by atoms with Crippen molar-refractivity contribution in [2.45, 2.75) is 131 Å². The third-order valence-electron chi connectivity index (χ3n) is 17.1. The van der Waals surface area contributed by atoms with Gasteiger partial charge in [0.2, 0.25) is 0 Å². The normalized spacial score (nSPS) is 13.9. The number of furan rings is 1. The van der Waals surface area contributed by atoms with E-state index in [0.29, 0.717) is 0 Å². The van der Waals surface area contributed by atoms with Crippen molar-refractivity contribution in [1.82, 2.24) is 9.13 Å². The minimum absolute atomic E-state index is 0.0140. The molecule has 3 aromatic heterocycles. The number of rotatable bonds is 4. The third kappa shape index (κ3) is 7.61. The number of nitrogens with zero attached hydrogens (tertiary/aromatic N) is 3. The number of aromatic nitrogens is 2. The predicted octanol–water partition coefficient (Wildman–Crippen LogP) is 18.5. The molecule has 4 nitrogen and oxygen atoms in total. The van der Waals surface area contributed by atoms with Crippen LogP contribution in [0.15, 0.2) is 168 Å². The first-order valence-corrected chi connectivity index (χ1v) is 27.9. The third-order valence-corrected chi connectivity index (χ3v) is 17.1. The summed E-state index contributed by atoms with van der Waals surface area (Å²) in [4.78, 5) is 2.57. The molecule has 0 N–H and O–H groups in total. The summed E-state index contributed by atoms with van der Waals surface area (Å²) in [5.74, 6) is 1.75. The number of fused-ring (bicyclic) bond motifs is 10. The van der Waals surface area contributed by atoms with Gasteiger partial charge in [-0.05, 0) is 138 Å². The van der Waals surface area contributed by atoms with Gasteiger partial charge in [0.1, 0.15) is 5.76 Å². The van der Waals surface area contributed by atoms with Gasteiger partial charge in [-0.2, -0.15) is 0 Å². The Labute approximate surface area is 456 Å². The second-order valence-corrected chi connectivity index (χ2v) is 27.5. The van der Waals surface area contributed by atoms with Crippen LogP contribution in [-0.2, 0) is 27.1 Å². The summed E-state index contributed by atoms with van der Waals surface area (Å²) < 4.78 is 12.9. The molecule has 0 aliphatic carbocycles. The second-order valence-electron chi connectivity index (χ2n) is 27.5. The monoisotopic (exact) mass is 1010 g/mol. The summed E-state index contributed by atoms with van der Waals surface area (Å²) in [5.41, 5.74) is 22.9. The molecule has 11 aromatic rings. The molecular formula is C72H72BN3O. The molecule has 0 spiro atoms. The lowest BCUT2D eigenvalue weighted by Gasteiger charge is -2.41. The quantitative estimate of drug-likeness (QED) is 0.164. The molecule has 0 bridgehead atoms. The molecule has 13 rings (SSSR count). The Balaban J connectivity index is 1.22. The zero-order valence-electron chi connectivity index (χ0n) is 47.9. The van der Waals surface area contributed by atoms with E-state index < -0.39 is 0 Å². The van der Waals surface area contributed by atoms with Gasteiger partial charge in [0, 0.05) is 49.7 Å². The average Bonchev–Trinajstić information content (AvgIpc) is 4.14. The lowest BCUT2D eigenvalue weighted by molar-refractivity contribution is 0.587. The molecule has 384 valence electrons. The Morgan fingerprint density at radius 3 is 1.43 bits per heavy atom. The summed E-state index contributed by atoms with van der Waals surface area (Å²) in [6.07, 6.45) is 0. The Morgan fingerprint density at radius 2 is 0.857 bits per heavy atom. The summed E-state index contributed by atoms with van der Waals surface area (Å²) in [7, 11) is 0. The Hall–Kier alpha value is -7.50. The summed E-state index contributed by atoms with van der Waals surface area (Å²) in [6, 6.07) is 62.8. The molecule has 2 aliphatic heterocycles. The van der Waals surface area contributed by atoms with Crippen LogP contribution in [0.4, 0.5) is 11.6 Å². The molecule has 2 aliphatic rings. The molecule has 0 atom stereocenters. The molecule has 5 heteroatoms. The van der Waals surface area contributed by atoms with E-state index in [1.54, 1.807) is 0 Å². The van der Waals surface area contributed by atoms with Crippen LogP contribution >= 0.6 is 0 Å². The van der Waals surface area contributed by atoms with E-state index in [-0.39, 0.29) is 33.9 Å². The molecule has 0 fully saturated rings. The van der Waals surface area contributed by atoms with Crippen molar-refractivity contribution in [3.8, 4) is 45.0 Å². The average molecular weight is 1010 g/mol. The molecule has 0 saturated carbocycles. The maximum Gasteiger partial charge on any atom is 0.336 e. The first kappa shape index (κ1) is 49.1. The van der Waals surface area contributed by atoms with Crippen LogP contribution in [0.1, 0.15) is 132 Å². The van der Waals surface area contributed by atoms with Gasteiger partial charge in [-0.3, -0.25) is 0 Å². The maximum absolute atomic E-state index is 7.67. The van der Waals surface area contributed by atoms with Crippen molar-refractivity contribution in [2.75, 3.05) is 4.81 Å². The predicted molar refractivity (Wildman–Crippen MR) is 331 cm³/mol. The van der Waals surface area contributed by atoms with E-state index in [1.165, 1.54) is 99.3 Å². The van der Waals surface area contributed by atoms with Gasteiger partial charge in [-0.1, -0.05) is 207 Å². The fraction of sp³-hybridized carbons (Fsp3) is 0.278. The van der Waals surface area contributed by atoms with Crippen molar-refractivity contribution in [1.29, 1.82) is 0 Å². The van der Waals surface area contributed by atoms with Crippen molar-refractivity contribution < 1.29 is 4.42 Å². The SMILES string of the molecule is CC(C)(C)c1ccc(N2B3c4c(cc(C(C)(C)C)cc4-n4c5cc6c7cc(C(C)(C)C)ccc7n(-c7ccc(C(C)(C)C)cc7)c6cc5c5cc(C(C)(C)C)cc3c54)-c3c2oc(-c2ccccc2)c3-c2ccccc2)cc1. The molecule has 0 unspecified atom stereocenters. The summed E-state index contributed by atoms with van der Waals surface area (Å²) in [6.45, 7) is 34.8. The van der Waals surface area contributed by atoms with Crippen molar-refractivity contribution in [2.24, 2.45) is 0 Å². The molecule has 77 heavy (non-hydrogen) atoms. The fourth-order valence-electron chi connectivity index (χ4n) is 12.6.